The normalized spacial score (nSPS) is 13.2. The van der Waals surface area contributed by atoms with Crippen LogP contribution in [0.1, 0.15) is 44.7 Å². The number of halogens is 1. The van der Waals surface area contributed by atoms with E-state index in [4.69, 9.17) is 10.5 Å². The monoisotopic (exact) mass is 328 g/mol. The predicted octanol–water partition coefficient (Wildman–Crippen LogP) is 3.02. The quantitative estimate of drug-likeness (QED) is 0.808. The van der Waals surface area contributed by atoms with Crippen molar-refractivity contribution in [1.82, 2.24) is 5.32 Å². The van der Waals surface area contributed by atoms with Gasteiger partial charge in [-0.2, -0.15) is 0 Å². The lowest BCUT2D eigenvalue weighted by molar-refractivity contribution is -0.127. The second-order valence-electron chi connectivity index (χ2n) is 6.03. The average molecular weight is 329 g/mol. The highest BCUT2D eigenvalue weighted by molar-refractivity contribution is 5.85. The minimum absolute atomic E-state index is 0. The summed E-state index contributed by atoms with van der Waals surface area (Å²) in [6.45, 7) is 11.2. The zero-order chi connectivity index (χ0) is 16.0. The van der Waals surface area contributed by atoms with Crippen molar-refractivity contribution in [3.8, 4) is 5.75 Å². The number of ether oxygens (including phenoxy) is 1. The summed E-state index contributed by atoms with van der Waals surface area (Å²) in [5.41, 5.74) is 7.78. The molecule has 2 unspecified atom stereocenters. The Morgan fingerprint density at radius 2 is 1.91 bits per heavy atom. The first-order chi connectivity index (χ1) is 9.85. The first-order valence-corrected chi connectivity index (χ1v) is 7.60. The van der Waals surface area contributed by atoms with Crippen LogP contribution in [-0.2, 0) is 4.79 Å². The summed E-state index contributed by atoms with van der Waals surface area (Å²) in [6.07, 6.45) is -0.518. The highest BCUT2D eigenvalue weighted by Gasteiger charge is 2.16. The topological polar surface area (TPSA) is 64.3 Å². The molecule has 1 aromatic carbocycles. The number of nitrogens with one attached hydrogen (secondary N) is 1. The molecule has 1 amide bonds. The Labute approximate surface area is 140 Å². The van der Waals surface area contributed by atoms with Crippen LogP contribution in [0.15, 0.2) is 18.2 Å². The van der Waals surface area contributed by atoms with Gasteiger partial charge in [0, 0.05) is 6.54 Å². The van der Waals surface area contributed by atoms with E-state index >= 15 is 0 Å². The number of benzene rings is 1. The number of rotatable bonds is 7. The van der Waals surface area contributed by atoms with Gasteiger partial charge in [-0.3, -0.25) is 4.79 Å². The molecule has 0 aliphatic rings. The SMILES string of the molecule is Cc1ccc(C(C)C)cc1OC(C)C(=O)NCC(C)CN.Cl. The summed E-state index contributed by atoms with van der Waals surface area (Å²) in [5.74, 6) is 1.37. The van der Waals surface area contributed by atoms with Crippen molar-refractivity contribution in [2.24, 2.45) is 11.7 Å². The second-order valence-corrected chi connectivity index (χ2v) is 6.03. The van der Waals surface area contributed by atoms with Crippen LogP contribution < -0.4 is 15.8 Å². The molecule has 22 heavy (non-hydrogen) atoms. The van der Waals surface area contributed by atoms with Crippen molar-refractivity contribution in [2.45, 2.75) is 46.6 Å². The van der Waals surface area contributed by atoms with Crippen molar-refractivity contribution in [3.63, 3.8) is 0 Å². The van der Waals surface area contributed by atoms with Crippen molar-refractivity contribution in [3.05, 3.63) is 29.3 Å². The Morgan fingerprint density at radius 3 is 2.45 bits per heavy atom. The molecule has 2 atom stereocenters. The van der Waals surface area contributed by atoms with Gasteiger partial charge in [0.05, 0.1) is 0 Å². The van der Waals surface area contributed by atoms with Crippen LogP contribution in [0.2, 0.25) is 0 Å². The van der Waals surface area contributed by atoms with Gasteiger partial charge >= 0.3 is 0 Å². The van der Waals surface area contributed by atoms with Crippen LogP contribution >= 0.6 is 12.4 Å². The molecule has 3 N–H and O–H groups in total. The highest BCUT2D eigenvalue weighted by Crippen LogP contribution is 2.25. The molecule has 0 saturated carbocycles. The molecule has 4 nitrogen and oxygen atoms in total. The smallest absolute Gasteiger partial charge is 0.260 e. The maximum absolute atomic E-state index is 12.0. The minimum Gasteiger partial charge on any atom is -0.481 e. The van der Waals surface area contributed by atoms with Crippen molar-refractivity contribution < 1.29 is 9.53 Å². The Morgan fingerprint density at radius 1 is 1.27 bits per heavy atom. The van der Waals surface area contributed by atoms with E-state index in [1.165, 1.54) is 5.56 Å². The zero-order valence-electron chi connectivity index (χ0n) is 14.2. The molecule has 5 heteroatoms. The van der Waals surface area contributed by atoms with Crippen molar-refractivity contribution >= 4 is 18.3 Å². The van der Waals surface area contributed by atoms with Gasteiger partial charge in [-0.15, -0.1) is 12.4 Å². The third kappa shape index (κ3) is 6.24. The van der Waals surface area contributed by atoms with Crippen LogP contribution in [0.3, 0.4) is 0 Å². The lowest BCUT2D eigenvalue weighted by Crippen LogP contribution is -2.39. The van der Waals surface area contributed by atoms with Gasteiger partial charge in [0.25, 0.3) is 5.91 Å². The number of amides is 1. The fraction of sp³-hybridized carbons (Fsp3) is 0.588. The maximum Gasteiger partial charge on any atom is 0.260 e. The first kappa shape index (κ1) is 20.7. The van der Waals surface area contributed by atoms with Gasteiger partial charge in [0.1, 0.15) is 5.75 Å². The summed E-state index contributed by atoms with van der Waals surface area (Å²) in [6, 6.07) is 6.15. The molecule has 0 aliphatic heterocycles. The molecular formula is C17H29ClN2O2. The van der Waals surface area contributed by atoms with Crippen molar-refractivity contribution in [1.29, 1.82) is 0 Å². The molecule has 0 radical (unpaired) electrons. The molecule has 1 aromatic rings. The van der Waals surface area contributed by atoms with Crippen LogP contribution in [0.4, 0.5) is 0 Å². The zero-order valence-corrected chi connectivity index (χ0v) is 15.0. The van der Waals surface area contributed by atoms with E-state index in [2.05, 4.69) is 25.2 Å². The van der Waals surface area contributed by atoms with E-state index in [1.807, 2.05) is 26.0 Å². The van der Waals surface area contributed by atoms with Crippen LogP contribution in [0, 0.1) is 12.8 Å². The van der Waals surface area contributed by atoms with Gasteiger partial charge < -0.3 is 15.8 Å². The summed E-state index contributed by atoms with van der Waals surface area (Å²) < 4.78 is 5.82. The average Bonchev–Trinajstić information content (AvgIpc) is 2.46. The van der Waals surface area contributed by atoms with E-state index in [-0.39, 0.29) is 24.2 Å². The van der Waals surface area contributed by atoms with Gasteiger partial charge in [-0.25, -0.2) is 0 Å². The minimum atomic E-state index is -0.518. The molecule has 1 rings (SSSR count). The van der Waals surface area contributed by atoms with E-state index in [0.717, 1.165) is 11.3 Å². The lowest BCUT2D eigenvalue weighted by Gasteiger charge is -2.18. The standard InChI is InChI=1S/C17H28N2O2.ClH/c1-11(2)15-7-6-13(4)16(8-15)21-14(5)17(20)19-10-12(3)9-18;/h6-8,11-12,14H,9-10,18H2,1-5H3,(H,19,20);1H. The number of carbonyl (C=O) groups excluding carboxylic acids is 1. The molecule has 0 bridgehead atoms. The number of nitrogens with two attached hydrogens (primary N) is 1. The Kier molecular flexibility index (Phi) is 9.14. The Hall–Kier alpha value is -1.26. The molecule has 0 spiro atoms. The Balaban J connectivity index is 0.00000441. The van der Waals surface area contributed by atoms with Gasteiger partial charge in [0.15, 0.2) is 6.10 Å². The van der Waals surface area contributed by atoms with Crippen LogP contribution in [0.25, 0.3) is 0 Å². The van der Waals surface area contributed by atoms with Crippen LogP contribution in [-0.4, -0.2) is 25.1 Å². The first-order valence-electron chi connectivity index (χ1n) is 7.60. The second kappa shape index (κ2) is 9.70. The molecule has 126 valence electrons. The third-order valence-corrected chi connectivity index (χ3v) is 3.58. The fourth-order valence-electron chi connectivity index (χ4n) is 1.85. The van der Waals surface area contributed by atoms with Crippen molar-refractivity contribution in [2.75, 3.05) is 13.1 Å². The largest absolute Gasteiger partial charge is 0.481 e. The molecule has 0 aliphatic carbocycles. The van der Waals surface area contributed by atoms with Gasteiger partial charge in [0.2, 0.25) is 0 Å². The predicted molar refractivity (Wildman–Crippen MR) is 93.8 cm³/mol. The summed E-state index contributed by atoms with van der Waals surface area (Å²) in [7, 11) is 0. The van der Waals surface area contributed by atoms with E-state index < -0.39 is 6.10 Å². The fourth-order valence-corrected chi connectivity index (χ4v) is 1.85. The van der Waals surface area contributed by atoms with E-state index in [1.54, 1.807) is 6.92 Å². The number of hydrogen-bond acceptors (Lipinski definition) is 3. The molecule has 0 heterocycles. The highest BCUT2D eigenvalue weighted by atomic mass is 35.5. The molecular weight excluding hydrogens is 300 g/mol. The van der Waals surface area contributed by atoms with Crippen LogP contribution in [0.5, 0.6) is 5.75 Å². The molecule has 0 saturated heterocycles. The molecule has 0 aromatic heterocycles. The van der Waals surface area contributed by atoms with E-state index in [9.17, 15) is 4.79 Å². The number of carbonyl (C=O) groups is 1. The maximum atomic E-state index is 12.0. The van der Waals surface area contributed by atoms with Gasteiger partial charge in [-0.1, -0.05) is 32.9 Å². The summed E-state index contributed by atoms with van der Waals surface area (Å²) in [5, 5.41) is 2.87. The number of aryl methyl sites for hydroxylation is 1. The number of hydrogen-bond donors (Lipinski definition) is 2. The third-order valence-electron chi connectivity index (χ3n) is 3.58. The van der Waals surface area contributed by atoms with E-state index in [0.29, 0.717) is 19.0 Å². The lowest BCUT2D eigenvalue weighted by atomic mass is 10.0. The molecule has 0 fully saturated rings. The summed E-state index contributed by atoms with van der Waals surface area (Å²) in [4.78, 5) is 12.0. The van der Waals surface area contributed by atoms with Gasteiger partial charge in [-0.05, 0) is 49.4 Å². The Bertz CT molecular complexity index is 478. The summed E-state index contributed by atoms with van der Waals surface area (Å²) >= 11 is 0.